The molecule has 25 heavy (non-hydrogen) atoms. The molecule has 3 aromatic heterocycles. The van der Waals surface area contributed by atoms with Crippen LogP contribution in [0.15, 0.2) is 36.8 Å². The number of fused-ring (bicyclic) bond motifs is 1. The zero-order chi connectivity index (χ0) is 17.9. The number of aromatic amines is 1. The number of anilines is 1. The maximum Gasteiger partial charge on any atom is 0.135 e. The van der Waals surface area contributed by atoms with Gasteiger partial charge >= 0.3 is 0 Å². The average Bonchev–Trinajstić information content (AvgIpc) is 3.01. The van der Waals surface area contributed by atoms with E-state index in [4.69, 9.17) is 9.72 Å². The van der Waals surface area contributed by atoms with E-state index in [0.717, 1.165) is 34.8 Å². The molecule has 3 aromatic rings. The fraction of sp³-hybridized carbons (Fsp3) is 0.421. The minimum Gasteiger partial charge on any atom is -0.383 e. The van der Waals surface area contributed by atoms with Crippen molar-refractivity contribution in [3.05, 3.63) is 48.2 Å². The van der Waals surface area contributed by atoms with E-state index in [2.05, 4.69) is 40.6 Å². The van der Waals surface area contributed by atoms with E-state index in [1.165, 1.54) is 0 Å². The molecule has 0 saturated carbocycles. The van der Waals surface area contributed by atoms with Crippen molar-refractivity contribution in [1.82, 2.24) is 19.9 Å². The number of hydrogen-bond acceptors (Lipinski definition) is 5. The molecule has 0 radical (unpaired) electrons. The Bertz CT molecular complexity index is 837. The predicted molar refractivity (Wildman–Crippen MR) is 99.8 cm³/mol. The third kappa shape index (κ3) is 3.96. The van der Waals surface area contributed by atoms with Gasteiger partial charge in [-0.25, -0.2) is 9.97 Å². The zero-order valence-corrected chi connectivity index (χ0v) is 15.3. The van der Waals surface area contributed by atoms with Gasteiger partial charge in [0.25, 0.3) is 0 Å². The molecule has 0 saturated heterocycles. The Morgan fingerprint density at radius 1 is 1.16 bits per heavy atom. The molecule has 3 heterocycles. The van der Waals surface area contributed by atoms with Crippen molar-refractivity contribution in [2.45, 2.75) is 32.7 Å². The van der Waals surface area contributed by atoms with Crippen LogP contribution in [0.2, 0.25) is 0 Å². The number of nitrogens with zero attached hydrogens (tertiary/aromatic N) is 4. The summed E-state index contributed by atoms with van der Waals surface area (Å²) >= 11 is 0. The van der Waals surface area contributed by atoms with E-state index in [0.29, 0.717) is 13.2 Å². The van der Waals surface area contributed by atoms with Crippen molar-refractivity contribution in [3.8, 4) is 0 Å². The van der Waals surface area contributed by atoms with E-state index >= 15 is 0 Å². The quantitative estimate of drug-likeness (QED) is 0.746. The molecule has 6 heteroatoms. The summed E-state index contributed by atoms with van der Waals surface area (Å²) in [5, 5.41) is 0. The van der Waals surface area contributed by atoms with Gasteiger partial charge < -0.3 is 14.6 Å². The molecule has 0 atom stereocenters. The van der Waals surface area contributed by atoms with Crippen molar-refractivity contribution in [2.24, 2.45) is 0 Å². The first-order valence-electron chi connectivity index (χ1n) is 8.47. The van der Waals surface area contributed by atoms with Crippen molar-refractivity contribution in [3.63, 3.8) is 0 Å². The van der Waals surface area contributed by atoms with Crippen molar-refractivity contribution < 1.29 is 4.74 Å². The molecule has 0 bridgehead atoms. The Morgan fingerprint density at radius 2 is 2.00 bits per heavy atom. The second kappa shape index (κ2) is 7.19. The van der Waals surface area contributed by atoms with Crippen LogP contribution in [-0.4, -0.2) is 40.2 Å². The first-order chi connectivity index (χ1) is 12.0. The zero-order valence-electron chi connectivity index (χ0n) is 15.3. The molecule has 0 aliphatic carbocycles. The standard InChI is InChI=1S/C19H25N5O/c1-19(2,3)18-21-9-7-16(23-18)24(10-11-25-4)13-14-12-22-15-6-5-8-20-17(14)15/h5-9,12,22H,10-11,13H2,1-4H3. The van der Waals surface area contributed by atoms with Gasteiger partial charge in [-0.1, -0.05) is 20.8 Å². The van der Waals surface area contributed by atoms with E-state index < -0.39 is 0 Å². The highest BCUT2D eigenvalue weighted by molar-refractivity contribution is 5.78. The molecule has 0 aromatic carbocycles. The Morgan fingerprint density at radius 3 is 2.76 bits per heavy atom. The van der Waals surface area contributed by atoms with Gasteiger partial charge in [-0.15, -0.1) is 0 Å². The largest absolute Gasteiger partial charge is 0.383 e. The lowest BCUT2D eigenvalue weighted by molar-refractivity contribution is 0.205. The molecule has 0 amide bonds. The number of H-pyrrole nitrogens is 1. The lowest BCUT2D eigenvalue weighted by Crippen LogP contribution is -2.29. The molecule has 6 nitrogen and oxygen atoms in total. The van der Waals surface area contributed by atoms with Gasteiger partial charge in [0.2, 0.25) is 0 Å². The lowest BCUT2D eigenvalue weighted by atomic mass is 9.96. The van der Waals surface area contributed by atoms with Crippen LogP contribution >= 0.6 is 0 Å². The highest BCUT2D eigenvalue weighted by Gasteiger charge is 2.19. The average molecular weight is 339 g/mol. The van der Waals surface area contributed by atoms with Crippen molar-refractivity contribution in [2.75, 3.05) is 25.2 Å². The van der Waals surface area contributed by atoms with Gasteiger partial charge in [0.1, 0.15) is 11.6 Å². The van der Waals surface area contributed by atoms with E-state index in [1.54, 1.807) is 7.11 Å². The molecule has 0 aliphatic rings. The minimum absolute atomic E-state index is 0.0920. The van der Waals surface area contributed by atoms with E-state index in [9.17, 15) is 0 Å². The first-order valence-corrected chi connectivity index (χ1v) is 8.47. The first kappa shape index (κ1) is 17.4. The Balaban J connectivity index is 1.92. The molecule has 3 rings (SSSR count). The fourth-order valence-electron chi connectivity index (χ4n) is 2.70. The van der Waals surface area contributed by atoms with Crippen LogP contribution in [0, 0.1) is 0 Å². The van der Waals surface area contributed by atoms with Gasteiger partial charge in [-0.2, -0.15) is 0 Å². The molecule has 1 N–H and O–H groups in total. The fourth-order valence-corrected chi connectivity index (χ4v) is 2.70. The van der Waals surface area contributed by atoms with Crippen LogP contribution in [-0.2, 0) is 16.7 Å². The van der Waals surface area contributed by atoms with Crippen molar-refractivity contribution >= 4 is 16.9 Å². The number of rotatable bonds is 6. The summed E-state index contributed by atoms with van der Waals surface area (Å²) in [6.07, 6.45) is 5.67. The number of aromatic nitrogens is 4. The molecule has 0 aliphatic heterocycles. The highest BCUT2D eigenvalue weighted by Crippen LogP contribution is 2.23. The second-order valence-corrected chi connectivity index (χ2v) is 7.12. The summed E-state index contributed by atoms with van der Waals surface area (Å²) in [5.41, 5.74) is 3.09. The number of nitrogens with one attached hydrogen (secondary N) is 1. The molecule has 0 spiro atoms. The van der Waals surface area contributed by atoms with Crippen LogP contribution in [0.4, 0.5) is 5.82 Å². The number of hydrogen-bond donors (Lipinski definition) is 1. The smallest absolute Gasteiger partial charge is 0.135 e. The Kier molecular flexibility index (Phi) is 4.99. The van der Waals surface area contributed by atoms with Gasteiger partial charge in [0.15, 0.2) is 0 Å². The SMILES string of the molecule is COCCN(Cc1c[nH]c2cccnc12)c1ccnc(C(C)(C)C)n1. The maximum atomic E-state index is 5.29. The van der Waals surface area contributed by atoms with E-state index in [1.807, 2.05) is 36.8 Å². The number of methoxy groups -OCH3 is 1. The summed E-state index contributed by atoms with van der Waals surface area (Å²) in [4.78, 5) is 19.2. The summed E-state index contributed by atoms with van der Waals surface area (Å²) in [6.45, 7) is 8.45. The van der Waals surface area contributed by atoms with Crippen LogP contribution in [0.3, 0.4) is 0 Å². The third-order valence-corrected chi connectivity index (χ3v) is 4.08. The highest BCUT2D eigenvalue weighted by atomic mass is 16.5. The van der Waals surface area contributed by atoms with Crippen LogP contribution in [0.25, 0.3) is 11.0 Å². The molecular weight excluding hydrogens is 314 g/mol. The third-order valence-electron chi connectivity index (χ3n) is 4.08. The summed E-state index contributed by atoms with van der Waals surface area (Å²) in [6, 6.07) is 5.92. The number of ether oxygens (including phenoxy) is 1. The number of pyridine rings is 1. The lowest BCUT2D eigenvalue weighted by Gasteiger charge is -2.25. The molecule has 132 valence electrons. The van der Waals surface area contributed by atoms with Gasteiger partial charge in [0.05, 0.1) is 17.6 Å². The van der Waals surface area contributed by atoms with Crippen LogP contribution in [0.5, 0.6) is 0 Å². The minimum atomic E-state index is -0.0920. The van der Waals surface area contributed by atoms with Gasteiger partial charge in [-0.05, 0) is 18.2 Å². The summed E-state index contributed by atoms with van der Waals surface area (Å²) < 4.78 is 5.29. The Labute approximate surface area is 148 Å². The molecular formula is C19H25N5O. The monoisotopic (exact) mass is 339 g/mol. The molecule has 0 fully saturated rings. The second-order valence-electron chi connectivity index (χ2n) is 7.12. The van der Waals surface area contributed by atoms with Gasteiger partial charge in [0, 0.05) is 49.8 Å². The van der Waals surface area contributed by atoms with E-state index in [-0.39, 0.29) is 5.41 Å². The summed E-state index contributed by atoms with van der Waals surface area (Å²) in [5.74, 6) is 1.74. The van der Waals surface area contributed by atoms with Gasteiger partial charge in [-0.3, -0.25) is 4.98 Å². The molecule has 0 unspecified atom stereocenters. The van der Waals surface area contributed by atoms with Crippen molar-refractivity contribution in [1.29, 1.82) is 0 Å². The maximum absolute atomic E-state index is 5.29. The normalized spacial score (nSPS) is 11.8. The van der Waals surface area contributed by atoms with Crippen LogP contribution in [0.1, 0.15) is 32.2 Å². The Hall–Kier alpha value is -2.47. The predicted octanol–water partition coefficient (Wildman–Crippen LogP) is 3.30. The van der Waals surface area contributed by atoms with Crippen LogP contribution < -0.4 is 4.90 Å². The summed E-state index contributed by atoms with van der Waals surface area (Å²) in [7, 11) is 1.71. The topological polar surface area (TPSA) is 66.9 Å².